The molecule has 216 valence electrons. The molecular weight excluding hydrogens is 576 g/mol. The third-order valence-electron chi connectivity index (χ3n) is 6.74. The highest BCUT2D eigenvalue weighted by atomic mass is 79.9. The van der Waals surface area contributed by atoms with Crippen LogP contribution in [-0.2, 0) is 33.7 Å². The number of hydrogen-bond donors (Lipinski definition) is 1. The maximum Gasteiger partial charge on any atom is 0.410 e. The highest BCUT2D eigenvalue weighted by Gasteiger charge is 2.26. The Kier molecular flexibility index (Phi) is 12.5. The highest BCUT2D eigenvalue weighted by Crippen LogP contribution is 2.32. The maximum atomic E-state index is 12.5. The maximum absolute atomic E-state index is 12.5. The van der Waals surface area contributed by atoms with Gasteiger partial charge in [0, 0.05) is 35.1 Å². The zero-order chi connectivity index (χ0) is 28.9. The second kappa shape index (κ2) is 16.1. The van der Waals surface area contributed by atoms with Crippen molar-refractivity contribution < 1.29 is 28.9 Å². The van der Waals surface area contributed by atoms with Gasteiger partial charge in [-0.15, -0.1) is 0 Å². The second-order valence-corrected chi connectivity index (χ2v) is 10.6. The van der Waals surface area contributed by atoms with E-state index in [1.165, 1.54) is 16.7 Å². The van der Waals surface area contributed by atoms with Gasteiger partial charge in [-0.3, -0.25) is 4.79 Å². The fraction of sp³-hybridized carbons (Fsp3) is 0.452. The number of aryl methyl sites for hydroxylation is 1. The lowest BCUT2D eigenvalue weighted by molar-refractivity contribution is -0.122. The molecule has 8 nitrogen and oxygen atoms in total. The lowest BCUT2D eigenvalue weighted by Crippen LogP contribution is -2.37. The fourth-order valence-corrected chi connectivity index (χ4v) is 5.05. The van der Waals surface area contributed by atoms with Crippen LogP contribution < -0.4 is 4.74 Å². The molecule has 0 saturated carbocycles. The van der Waals surface area contributed by atoms with Crippen LogP contribution in [0.2, 0.25) is 0 Å². The Morgan fingerprint density at radius 1 is 1.15 bits per heavy atom. The Morgan fingerprint density at radius 3 is 2.70 bits per heavy atom. The van der Waals surface area contributed by atoms with Crippen molar-refractivity contribution in [1.82, 2.24) is 4.90 Å². The van der Waals surface area contributed by atoms with E-state index in [-0.39, 0.29) is 12.6 Å². The summed E-state index contributed by atoms with van der Waals surface area (Å²) in [6, 6.07) is 4.26. The number of carbonyl (C=O) groups is 2. The van der Waals surface area contributed by atoms with Crippen LogP contribution in [0.3, 0.4) is 0 Å². The van der Waals surface area contributed by atoms with Gasteiger partial charge in [-0.05, 0) is 67.5 Å². The van der Waals surface area contributed by atoms with Gasteiger partial charge in [-0.2, -0.15) is 0 Å². The Balaban J connectivity index is 0.00000141. The van der Waals surface area contributed by atoms with E-state index in [9.17, 15) is 4.79 Å². The first-order chi connectivity index (χ1) is 19.4. The molecule has 2 heterocycles. The summed E-state index contributed by atoms with van der Waals surface area (Å²) < 4.78 is 18.7. The Hall–Kier alpha value is -3.33. The van der Waals surface area contributed by atoms with Gasteiger partial charge in [0.05, 0.1) is 18.9 Å². The number of allylic oxidation sites excluding steroid dienone is 4. The molecule has 0 aromatic heterocycles. The molecule has 0 fully saturated rings. The van der Waals surface area contributed by atoms with Crippen molar-refractivity contribution in [2.45, 2.75) is 65.8 Å². The van der Waals surface area contributed by atoms with Gasteiger partial charge >= 0.3 is 6.09 Å². The number of rotatable bonds is 9. The number of carbonyl (C=O) groups excluding carboxylic acids is 1. The molecule has 0 atom stereocenters. The number of ether oxygens (including phenoxy) is 3. The zero-order valence-corrected chi connectivity index (χ0v) is 25.2. The summed E-state index contributed by atoms with van der Waals surface area (Å²) in [4.78, 5) is 27.5. The van der Waals surface area contributed by atoms with Gasteiger partial charge < -0.3 is 24.2 Å². The predicted octanol–water partition coefficient (Wildman–Crippen LogP) is 6.88. The standard InChI is InChI=1S/C30H37BrN2O4.CH2O2/c1-4-7-22-11-13-28(25-14-16-33(19-26(22)25)30(34)36-17-5-2)35-18-15-27-21(3)20-37-29(32-27)23-8-6-9-24(31)12-10-23;2-1-3/h8-13H,4-7,14-20H2,1-3H3;1H,(H,2,3). The SMILES string of the molecule is CCCOC(=O)N1CCc2c(OCCC3=C(C)COC(C4=CCC=C(Br)C=C4)=N3)ccc(CCC)c2C1.O=CO. The van der Waals surface area contributed by atoms with Gasteiger partial charge in [-0.25, -0.2) is 9.79 Å². The molecular formula is C31H39BrN2O6. The van der Waals surface area contributed by atoms with Crippen LogP contribution in [0.25, 0.3) is 0 Å². The average Bonchev–Trinajstić information content (AvgIpc) is 3.18. The first kappa shape index (κ1) is 31.2. The van der Waals surface area contributed by atoms with Crippen LogP contribution in [0, 0.1) is 0 Å². The van der Waals surface area contributed by atoms with E-state index >= 15 is 0 Å². The van der Waals surface area contributed by atoms with Gasteiger partial charge in [0.25, 0.3) is 6.47 Å². The number of fused-ring (bicyclic) bond motifs is 1. The second-order valence-electron chi connectivity index (χ2n) is 9.67. The third-order valence-corrected chi connectivity index (χ3v) is 7.33. The van der Waals surface area contributed by atoms with Crippen molar-refractivity contribution >= 4 is 34.4 Å². The van der Waals surface area contributed by atoms with Crippen LogP contribution in [0.5, 0.6) is 5.75 Å². The van der Waals surface area contributed by atoms with E-state index in [0.717, 1.165) is 59.2 Å². The van der Waals surface area contributed by atoms with Crippen molar-refractivity contribution in [3.63, 3.8) is 0 Å². The number of hydrogen-bond acceptors (Lipinski definition) is 6. The van der Waals surface area contributed by atoms with Crippen LogP contribution >= 0.6 is 15.9 Å². The van der Waals surface area contributed by atoms with E-state index in [0.29, 0.717) is 45.2 Å². The lowest BCUT2D eigenvalue weighted by Gasteiger charge is -2.31. The number of benzene rings is 1. The zero-order valence-electron chi connectivity index (χ0n) is 23.6. The molecule has 1 aromatic rings. The molecule has 40 heavy (non-hydrogen) atoms. The normalized spacial score (nSPS) is 16.3. The van der Waals surface area contributed by atoms with E-state index in [4.69, 9.17) is 29.1 Å². The number of aliphatic imine (C=N–C) groups is 1. The molecule has 1 aliphatic carbocycles. The van der Waals surface area contributed by atoms with Crippen molar-refractivity contribution in [2.24, 2.45) is 4.99 Å². The smallest absolute Gasteiger partial charge is 0.410 e. The topological polar surface area (TPSA) is 97.7 Å². The summed E-state index contributed by atoms with van der Waals surface area (Å²) >= 11 is 3.54. The predicted molar refractivity (Wildman–Crippen MR) is 160 cm³/mol. The van der Waals surface area contributed by atoms with Crippen LogP contribution in [0.15, 0.2) is 62.8 Å². The minimum Gasteiger partial charge on any atom is -0.493 e. The molecule has 0 radical (unpaired) electrons. The Bertz CT molecular complexity index is 1210. The van der Waals surface area contributed by atoms with Gasteiger partial charge in [0.1, 0.15) is 12.4 Å². The summed E-state index contributed by atoms with van der Waals surface area (Å²) in [5.74, 6) is 1.58. The van der Waals surface area contributed by atoms with Crippen LogP contribution in [-0.4, -0.2) is 54.8 Å². The largest absolute Gasteiger partial charge is 0.493 e. The monoisotopic (exact) mass is 614 g/mol. The molecule has 0 spiro atoms. The number of nitrogens with zero attached hydrogens (tertiary/aromatic N) is 2. The van der Waals surface area contributed by atoms with E-state index in [1.54, 1.807) is 0 Å². The summed E-state index contributed by atoms with van der Waals surface area (Å²) in [6.45, 7) is 8.76. The fourth-order valence-electron chi connectivity index (χ4n) is 4.73. The first-order valence-corrected chi connectivity index (χ1v) is 14.6. The van der Waals surface area contributed by atoms with Crippen LogP contribution in [0.1, 0.15) is 63.1 Å². The molecule has 2 aliphatic heterocycles. The Labute approximate surface area is 245 Å². The summed E-state index contributed by atoms with van der Waals surface area (Å²) in [7, 11) is 0. The Morgan fingerprint density at radius 2 is 1.95 bits per heavy atom. The van der Waals surface area contributed by atoms with Crippen LogP contribution in [0.4, 0.5) is 4.79 Å². The number of carboxylic acid groups (broad SMARTS) is 1. The van der Waals surface area contributed by atoms with Gasteiger partial charge in [0.2, 0.25) is 5.90 Å². The summed E-state index contributed by atoms with van der Waals surface area (Å²) in [5, 5.41) is 6.89. The van der Waals surface area contributed by atoms with Gasteiger partial charge in [-0.1, -0.05) is 54.4 Å². The summed E-state index contributed by atoms with van der Waals surface area (Å²) in [5.41, 5.74) is 6.88. The molecule has 0 saturated heterocycles. The number of halogens is 1. The van der Waals surface area contributed by atoms with E-state index < -0.39 is 0 Å². The van der Waals surface area contributed by atoms with E-state index in [2.05, 4.69) is 54.1 Å². The van der Waals surface area contributed by atoms with Crippen molar-refractivity contribution in [3.8, 4) is 5.75 Å². The average molecular weight is 616 g/mol. The van der Waals surface area contributed by atoms with Crippen molar-refractivity contribution in [1.29, 1.82) is 0 Å². The van der Waals surface area contributed by atoms with Crippen molar-refractivity contribution in [2.75, 3.05) is 26.4 Å². The molecule has 1 amide bonds. The molecule has 9 heteroatoms. The third kappa shape index (κ3) is 8.58. The number of amides is 1. The lowest BCUT2D eigenvalue weighted by atomic mass is 9.92. The molecule has 0 bridgehead atoms. The van der Waals surface area contributed by atoms with Crippen molar-refractivity contribution in [3.05, 3.63) is 74.5 Å². The summed E-state index contributed by atoms with van der Waals surface area (Å²) in [6.07, 6.45) is 13.3. The minimum atomic E-state index is -0.250. The minimum absolute atomic E-state index is 0.223. The molecule has 1 N–H and O–H groups in total. The molecule has 1 aromatic carbocycles. The molecule has 3 aliphatic rings. The highest BCUT2D eigenvalue weighted by molar-refractivity contribution is 9.11. The quantitative estimate of drug-likeness (QED) is 0.304. The van der Waals surface area contributed by atoms with E-state index in [1.807, 2.05) is 24.0 Å². The molecule has 4 rings (SSSR count). The first-order valence-electron chi connectivity index (χ1n) is 13.8. The molecule has 0 unspecified atom stereocenters. The van der Waals surface area contributed by atoms with Gasteiger partial charge in [0.15, 0.2) is 0 Å².